The summed E-state index contributed by atoms with van der Waals surface area (Å²) < 4.78 is 75.3. The van der Waals surface area contributed by atoms with Crippen molar-refractivity contribution in [1.82, 2.24) is 10.3 Å². The third kappa shape index (κ3) is 8.67. The van der Waals surface area contributed by atoms with Crippen molar-refractivity contribution in [2.75, 3.05) is 13.2 Å². The summed E-state index contributed by atoms with van der Waals surface area (Å²) in [6.45, 7) is 1.66. The molecule has 0 aliphatic heterocycles. The van der Waals surface area contributed by atoms with Crippen molar-refractivity contribution in [3.63, 3.8) is 0 Å². The molecule has 1 heterocycles. The van der Waals surface area contributed by atoms with E-state index in [2.05, 4.69) is 15.4 Å². The average Bonchev–Trinajstić information content (AvgIpc) is 3.55. The quantitative estimate of drug-likeness (QED) is 0.0969. The number of benzene rings is 3. The van der Waals surface area contributed by atoms with Crippen LogP contribution in [0.15, 0.2) is 88.2 Å². The van der Waals surface area contributed by atoms with Gasteiger partial charge in [0.25, 0.3) is 5.91 Å². The Morgan fingerprint density at radius 3 is 2.35 bits per heavy atom. The molecule has 0 saturated heterocycles. The topological polar surface area (TPSA) is 191 Å². The van der Waals surface area contributed by atoms with E-state index in [0.717, 1.165) is 0 Å². The molecular formula is C31H28F3N5O7S2. The SMILES string of the molecule is CCOC(=O)c1csc(C(Cc2cccc(CCN=N)c2)(NC(=O)c2ccc(-c3ccccc3S(N)(=O)=O)cc2)OC(=O)C(F)(F)F)n1. The normalized spacial score (nSPS) is 12.9. The molecule has 0 spiro atoms. The molecule has 0 radical (unpaired) electrons. The molecule has 1 atom stereocenters. The fourth-order valence-corrected chi connectivity index (χ4v) is 6.27. The number of nitrogens with one attached hydrogen (secondary N) is 2. The molecule has 17 heteroatoms. The van der Waals surface area contributed by atoms with Crippen LogP contribution in [0.2, 0.25) is 0 Å². The average molecular weight is 704 g/mol. The zero-order chi connectivity index (χ0) is 35.1. The highest BCUT2D eigenvalue weighted by atomic mass is 32.2. The molecule has 3 aromatic carbocycles. The van der Waals surface area contributed by atoms with Gasteiger partial charge >= 0.3 is 18.1 Å². The molecule has 1 aromatic heterocycles. The van der Waals surface area contributed by atoms with Gasteiger partial charge in [-0.05, 0) is 48.2 Å². The number of alkyl halides is 3. The number of primary sulfonamides is 1. The van der Waals surface area contributed by atoms with Crippen LogP contribution in [-0.4, -0.2) is 50.6 Å². The lowest BCUT2D eigenvalue weighted by atomic mass is 9.98. The number of aromatic nitrogens is 1. The van der Waals surface area contributed by atoms with Crippen molar-refractivity contribution in [1.29, 1.82) is 5.53 Å². The van der Waals surface area contributed by atoms with Crippen LogP contribution in [-0.2, 0) is 42.9 Å². The number of hydrogen-bond acceptors (Lipinski definition) is 11. The van der Waals surface area contributed by atoms with E-state index in [4.69, 9.17) is 20.1 Å². The van der Waals surface area contributed by atoms with Crippen LogP contribution < -0.4 is 10.5 Å². The molecule has 0 fully saturated rings. The fraction of sp³-hybridized carbons (Fsp3) is 0.226. The highest BCUT2D eigenvalue weighted by Gasteiger charge is 2.50. The Hall–Kier alpha value is -5.00. The van der Waals surface area contributed by atoms with E-state index < -0.39 is 46.2 Å². The van der Waals surface area contributed by atoms with Gasteiger partial charge in [-0.25, -0.2) is 33.7 Å². The molecule has 4 rings (SSSR count). The van der Waals surface area contributed by atoms with Crippen LogP contribution in [0.3, 0.4) is 0 Å². The van der Waals surface area contributed by atoms with Crippen LogP contribution >= 0.6 is 11.3 Å². The number of halogens is 3. The molecule has 0 aliphatic rings. The Bertz CT molecular complexity index is 1930. The zero-order valence-electron chi connectivity index (χ0n) is 25.1. The third-order valence-corrected chi connectivity index (χ3v) is 8.71. The standard InChI is InChI=1S/C31H28F3N5O7S2/c1-2-45-27(41)24-18-47-28(38-24)30(46-29(42)31(32,33)34,17-20-7-5-6-19(16-20)14-15-37-35)39-26(40)22-12-10-21(11-13-22)23-8-3-4-9-25(23)48(36,43)44/h3-13,16,18,35H,2,14-15,17H2,1H3,(H,39,40)(H2,36,43,44). The second-order valence-corrected chi connectivity index (χ2v) is 12.6. The molecule has 12 nitrogen and oxygen atoms in total. The van der Waals surface area contributed by atoms with Gasteiger partial charge in [-0.1, -0.05) is 54.6 Å². The van der Waals surface area contributed by atoms with E-state index in [1.54, 1.807) is 31.2 Å². The van der Waals surface area contributed by atoms with Crippen LogP contribution in [0.5, 0.6) is 0 Å². The molecule has 4 N–H and O–H groups in total. The summed E-state index contributed by atoms with van der Waals surface area (Å²) in [6, 6.07) is 17.7. The van der Waals surface area contributed by atoms with E-state index in [1.165, 1.54) is 53.9 Å². The smallest absolute Gasteiger partial charge is 0.461 e. The van der Waals surface area contributed by atoms with Gasteiger partial charge in [0, 0.05) is 22.9 Å². The van der Waals surface area contributed by atoms with Crippen molar-refractivity contribution in [2.45, 2.75) is 36.6 Å². The van der Waals surface area contributed by atoms with Gasteiger partial charge in [-0.2, -0.15) is 18.3 Å². The first kappa shape index (κ1) is 35.8. The Kier molecular flexibility index (Phi) is 11.1. The number of hydrogen-bond donors (Lipinski definition) is 3. The first-order valence-electron chi connectivity index (χ1n) is 14.1. The number of ether oxygens (including phenoxy) is 2. The second-order valence-electron chi connectivity index (χ2n) is 10.2. The highest BCUT2D eigenvalue weighted by Crippen LogP contribution is 2.35. The molecule has 252 valence electrons. The Balaban J connectivity index is 1.81. The van der Waals surface area contributed by atoms with E-state index in [9.17, 15) is 36.0 Å². The number of carbonyl (C=O) groups excluding carboxylic acids is 3. The molecule has 1 unspecified atom stereocenters. The monoisotopic (exact) mass is 703 g/mol. The summed E-state index contributed by atoms with van der Waals surface area (Å²) in [5.74, 6) is -4.51. The molecule has 1 amide bonds. The number of nitrogens with zero attached hydrogens (tertiary/aromatic N) is 2. The lowest BCUT2D eigenvalue weighted by Gasteiger charge is -2.33. The summed E-state index contributed by atoms with van der Waals surface area (Å²) in [7, 11) is -4.11. The maximum absolute atomic E-state index is 13.7. The fourth-order valence-electron chi connectivity index (χ4n) is 4.63. The number of nitrogens with two attached hydrogens (primary N) is 1. The number of sulfonamides is 1. The first-order chi connectivity index (χ1) is 22.7. The van der Waals surface area contributed by atoms with Crippen molar-refractivity contribution in [3.05, 3.63) is 106 Å². The molecule has 0 aliphatic carbocycles. The van der Waals surface area contributed by atoms with E-state index in [1.807, 2.05) is 0 Å². The Labute approximate surface area is 276 Å². The summed E-state index contributed by atoms with van der Waals surface area (Å²) in [6.07, 6.45) is -5.71. The number of carbonyl (C=O) groups is 3. The number of esters is 2. The van der Waals surface area contributed by atoms with Crippen LogP contribution in [0.4, 0.5) is 13.2 Å². The predicted molar refractivity (Wildman–Crippen MR) is 166 cm³/mol. The van der Waals surface area contributed by atoms with Gasteiger partial charge in [0.1, 0.15) is 0 Å². The number of rotatable bonds is 13. The van der Waals surface area contributed by atoms with Crippen molar-refractivity contribution in [2.24, 2.45) is 10.3 Å². The van der Waals surface area contributed by atoms with E-state index >= 15 is 0 Å². The van der Waals surface area contributed by atoms with Gasteiger partial charge in [0.15, 0.2) is 10.7 Å². The third-order valence-electron chi connectivity index (χ3n) is 6.76. The Morgan fingerprint density at radius 2 is 1.71 bits per heavy atom. The molecule has 4 aromatic rings. The van der Waals surface area contributed by atoms with Gasteiger partial charge < -0.3 is 14.8 Å². The summed E-state index contributed by atoms with van der Waals surface area (Å²) in [5.41, 5.74) is 5.66. The molecule has 0 saturated carbocycles. The molecule has 0 bridgehead atoms. The summed E-state index contributed by atoms with van der Waals surface area (Å²) in [4.78, 5) is 42.5. The van der Waals surface area contributed by atoms with Crippen molar-refractivity contribution < 1.29 is 45.4 Å². The van der Waals surface area contributed by atoms with Crippen molar-refractivity contribution in [3.8, 4) is 11.1 Å². The van der Waals surface area contributed by atoms with E-state index in [-0.39, 0.29) is 39.9 Å². The predicted octanol–water partition coefficient (Wildman–Crippen LogP) is 5.14. The maximum Gasteiger partial charge on any atom is 0.491 e. The zero-order valence-corrected chi connectivity index (χ0v) is 26.7. The molecule has 48 heavy (non-hydrogen) atoms. The second kappa shape index (κ2) is 14.8. The minimum absolute atomic E-state index is 0.0221. The van der Waals surface area contributed by atoms with Gasteiger partial charge in [0.2, 0.25) is 15.7 Å². The summed E-state index contributed by atoms with van der Waals surface area (Å²) in [5, 5.41) is 11.9. The molecular weight excluding hydrogens is 675 g/mol. The first-order valence-corrected chi connectivity index (χ1v) is 16.5. The largest absolute Gasteiger partial charge is 0.491 e. The van der Waals surface area contributed by atoms with Gasteiger partial charge in [-0.3, -0.25) is 4.79 Å². The van der Waals surface area contributed by atoms with Crippen LogP contribution in [0.25, 0.3) is 11.1 Å². The Morgan fingerprint density at radius 1 is 1.02 bits per heavy atom. The van der Waals surface area contributed by atoms with Crippen molar-refractivity contribution >= 4 is 39.2 Å². The number of thiazole rings is 1. The lowest BCUT2D eigenvalue weighted by molar-refractivity contribution is -0.217. The van der Waals surface area contributed by atoms with Crippen LogP contribution in [0.1, 0.15) is 43.9 Å². The number of amides is 1. The minimum Gasteiger partial charge on any atom is -0.461 e. The van der Waals surface area contributed by atoms with E-state index in [0.29, 0.717) is 34.4 Å². The summed E-state index contributed by atoms with van der Waals surface area (Å²) >= 11 is 0.662. The maximum atomic E-state index is 13.7. The highest BCUT2D eigenvalue weighted by molar-refractivity contribution is 7.89. The lowest BCUT2D eigenvalue weighted by Crippen LogP contribution is -2.52. The van der Waals surface area contributed by atoms with Gasteiger partial charge in [-0.15, -0.1) is 11.3 Å². The van der Waals surface area contributed by atoms with Gasteiger partial charge in [0.05, 0.1) is 18.0 Å². The minimum atomic E-state index is -5.48. The van der Waals surface area contributed by atoms with Crippen LogP contribution in [0, 0.1) is 5.53 Å².